The lowest BCUT2D eigenvalue weighted by molar-refractivity contribution is -0.135. The second kappa shape index (κ2) is 14.2. The number of nitrogens with one attached hydrogen (secondary N) is 4. The van der Waals surface area contributed by atoms with Gasteiger partial charge < -0.3 is 40.2 Å². The highest BCUT2D eigenvalue weighted by molar-refractivity contribution is 5.91. The van der Waals surface area contributed by atoms with Gasteiger partial charge >= 0.3 is 17.8 Å². The molecule has 49 heavy (non-hydrogen) atoms. The van der Waals surface area contributed by atoms with E-state index in [1.165, 1.54) is 0 Å². The molecule has 1 unspecified atom stereocenters. The lowest BCUT2D eigenvalue weighted by Gasteiger charge is -2.42. The fourth-order valence-electron chi connectivity index (χ4n) is 8.17. The highest BCUT2D eigenvalue weighted by Crippen LogP contribution is 2.25. The summed E-state index contributed by atoms with van der Waals surface area (Å²) in [5.41, 5.74) is 4.93. The zero-order valence-electron chi connectivity index (χ0n) is 28.7. The van der Waals surface area contributed by atoms with E-state index in [1.807, 2.05) is 47.1 Å². The molecule has 3 saturated heterocycles. The summed E-state index contributed by atoms with van der Waals surface area (Å²) < 4.78 is 0. The molecule has 13 heteroatoms. The van der Waals surface area contributed by atoms with E-state index in [0.717, 1.165) is 73.3 Å². The van der Waals surface area contributed by atoms with E-state index in [0.29, 0.717) is 63.5 Å². The fourth-order valence-corrected chi connectivity index (χ4v) is 8.17. The number of hydrogen-bond donors (Lipinski definition) is 4. The number of amides is 5. The van der Waals surface area contributed by atoms with Crippen LogP contribution in [0.15, 0.2) is 41.2 Å². The minimum atomic E-state index is -0.747. The monoisotopic (exact) mass is 671 g/mol. The van der Waals surface area contributed by atoms with E-state index in [2.05, 4.69) is 43.5 Å². The molecule has 0 radical (unpaired) electrons. The van der Waals surface area contributed by atoms with E-state index >= 15 is 0 Å². The molecule has 262 valence electrons. The average Bonchev–Trinajstić information content (AvgIpc) is 3.40. The zero-order chi connectivity index (χ0) is 34.1. The molecule has 3 fully saturated rings. The van der Waals surface area contributed by atoms with Crippen LogP contribution in [0.2, 0.25) is 0 Å². The summed E-state index contributed by atoms with van der Waals surface area (Å²) >= 11 is 0. The van der Waals surface area contributed by atoms with Crippen LogP contribution >= 0.6 is 0 Å². The molecule has 0 aliphatic carbocycles. The van der Waals surface area contributed by atoms with Gasteiger partial charge in [0.25, 0.3) is 0 Å². The first kappa shape index (κ1) is 33.2. The van der Waals surface area contributed by atoms with Crippen molar-refractivity contribution in [2.24, 2.45) is 0 Å². The van der Waals surface area contributed by atoms with Gasteiger partial charge in [0.2, 0.25) is 5.91 Å². The van der Waals surface area contributed by atoms with Crippen molar-refractivity contribution in [3.8, 4) is 0 Å². The Balaban J connectivity index is 1.01. The molecule has 5 heterocycles. The number of likely N-dealkylation sites (N-methyl/N-ethyl adjacent to an activating group) is 1. The van der Waals surface area contributed by atoms with Crippen LogP contribution in [-0.2, 0) is 17.6 Å². The number of anilines is 1. The molecule has 0 saturated carbocycles. The lowest BCUT2D eigenvalue weighted by atomic mass is 9.98. The Bertz CT molecular complexity index is 1730. The summed E-state index contributed by atoms with van der Waals surface area (Å²) in [5.74, 6) is -0.0684. The van der Waals surface area contributed by atoms with E-state index in [-0.39, 0.29) is 29.7 Å². The Morgan fingerprint density at radius 2 is 1.55 bits per heavy atom. The van der Waals surface area contributed by atoms with Crippen LogP contribution in [0, 0.1) is 6.92 Å². The van der Waals surface area contributed by atoms with Gasteiger partial charge in [-0.25, -0.2) is 14.4 Å². The maximum absolute atomic E-state index is 14.2. The first-order valence-corrected chi connectivity index (χ1v) is 17.9. The number of aromatic amines is 2. The van der Waals surface area contributed by atoms with Crippen molar-refractivity contribution in [1.29, 1.82) is 0 Å². The SMILES string of the molecule is Cc1cc(CC(NC(=O)N2CCC(N3CCc4ccccc4NC3=O)CC2)C(=O)N2CCC(N3CCN(C)CC3)CC2)cc2[nH]c(=O)[nH]c12. The average molecular weight is 672 g/mol. The maximum atomic E-state index is 14.2. The Morgan fingerprint density at radius 1 is 0.857 bits per heavy atom. The minimum absolute atomic E-state index is 0.0376. The molecule has 1 aromatic heterocycles. The number of para-hydroxylation sites is 1. The topological polar surface area (TPSA) is 140 Å². The highest BCUT2D eigenvalue weighted by Gasteiger charge is 2.35. The summed E-state index contributed by atoms with van der Waals surface area (Å²) in [6.07, 6.45) is 4.30. The van der Waals surface area contributed by atoms with Gasteiger partial charge in [0.05, 0.1) is 11.0 Å². The summed E-state index contributed by atoms with van der Waals surface area (Å²) in [4.78, 5) is 69.3. The molecule has 3 aromatic rings. The Hall–Kier alpha value is -4.36. The first-order chi connectivity index (χ1) is 23.7. The lowest BCUT2D eigenvalue weighted by Crippen LogP contribution is -2.58. The van der Waals surface area contributed by atoms with Crippen LogP contribution in [0.25, 0.3) is 11.0 Å². The molecule has 0 bridgehead atoms. The van der Waals surface area contributed by atoms with Crippen LogP contribution in [0.5, 0.6) is 0 Å². The number of aromatic nitrogens is 2. The van der Waals surface area contributed by atoms with Crippen LogP contribution in [0.4, 0.5) is 15.3 Å². The van der Waals surface area contributed by atoms with Crippen molar-refractivity contribution < 1.29 is 14.4 Å². The highest BCUT2D eigenvalue weighted by atomic mass is 16.2. The molecule has 2 aromatic carbocycles. The number of fused-ring (bicyclic) bond motifs is 2. The third kappa shape index (κ3) is 7.32. The van der Waals surface area contributed by atoms with Gasteiger partial charge in [0.1, 0.15) is 6.04 Å². The van der Waals surface area contributed by atoms with Crippen LogP contribution in [0.1, 0.15) is 42.4 Å². The maximum Gasteiger partial charge on any atom is 0.323 e. The normalized spacial score (nSPS) is 20.9. The number of carbonyl (C=O) groups is 3. The Kier molecular flexibility index (Phi) is 9.64. The van der Waals surface area contributed by atoms with Gasteiger partial charge in [0.15, 0.2) is 0 Å². The van der Waals surface area contributed by atoms with Gasteiger partial charge in [-0.1, -0.05) is 24.3 Å². The number of urea groups is 2. The van der Waals surface area contributed by atoms with Gasteiger partial charge in [-0.3, -0.25) is 9.69 Å². The van der Waals surface area contributed by atoms with Crippen LogP contribution < -0.4 is 16.3 Å². The molecule has 4 aliphatic rings. The molecule has 4 aliphatic heterocycles. The van der Waals surface area contributed by atoms with E-state index < -0.39 is 6.04 Å². The van der Waals surface area contributed by atoms with Crippen molar-refractivity contribution in [2.75, 3.05) is 71.3 Å². The molecule has 13 nitrogen and oxygen atoms in total. The molecule has 1 atom stereocenters. The van der Waals surface area contributed by atoms with Gasteiger partial charge in [0, 0.05) is 83.1 Å². The van der Waals surface area contributed by atoms with Gasteiger partial charge in [-0.2, -0.15) is 0 Å². The van der Waals surface area contributed by atoms with E-state index in [4.69, 9.17) is 0 Å². The standard InChI is InChI=1S/C36H49N9O4/c1-24-21-25(22-30-32(24)40-34(47)37-30)23-31(33(46)43-12-8-27(9-13-43)42-19-17-41(2)18-20-42)39-35(48)44-14-10-28(11-15-44)45-16-7-26-5-3-4-6-29(26)38-36(45)49/h3-6,21-22,27-28,31H,7-20,23H2,1-2H3,(H,38,49)(H,39,48)(H2,37,40,47). The number of piperidine rings is 2. The van der Waals surface area contributed by atoms with Gasteiger partial charge in [-0.05, 0) is 74.9 Å². The Morgan fingerprint density at radius 3 is 2.31 bits per heavy atom. The summed E-state index contributed by atoms with van der Waals surface area (Å²) in [7, 11) is 2.16. The number of likely N-dealkylation sites (tertiary alicyclic amines) is 2. The zero-order valence-corrected chi connectivity index (χ0v) is 28.7. The van der Waals surface area contributed by atoms with Crippen molar-refractivity contribution in [2.45, 2.75) is 63.6 Å². The Labute approximate surface area is 287 Å². The van der Waals surface area contributed by atoms with Crippen LogP contribution in [-0.4, -0.2) is 137 Å². The molecule has 4 N–H and O–H groups in total. The van der Waals surface area contributed by atoms with Gasteiger partial charge in [-0.15, -0.1) is 0 Å². The predicted molar refractivity (Wildman–Crippen MR) is 189 cm³/mol. The number of carbonyl (C=O) groups excluding carboxylic acids is 3. The number of hydrogen-bond acceptors (Lipinski definition) is 6. The number of rotatable bonds is 6. The van der Waals surface area contributed by atoms with Crippen molar-refractivity contribution in [3.05, 3.63) is 63.6 Å². The van der Waals surface area contributed by atoms with E-state index in [1.54, 1.807) is 4.90 Å². The van der Waals surface area contributed by atoms with E-state index in [9.17, 15) is 19.2 Å². The summed E-state index contributed by atoms with van der Waals surface area (Å²) in [6.45, 7) is 9.16. The number of piperazine rings is 1. The molecular weight excluding hydrogens is 622 g/mol. The third-order valence-corrected chi connectivity index (χ3v) is 11.1. The number of aryl methyl sites for hydroxylation is 1. The summed E-state index contributed by atoms with van der Waals surface area (Å²) in [5, 5.41) is 6.18. The number of nitrogens with zero attached hydrogens (tertiary/aromatic N) is 5. The molecular formula is C36H49N9O4. The number of H-pyrrole nitrogens is 2. The quantitative estimate of drug-likeness (QED) is 0.318. The number of benzene rings is 2. The van der Waals surface area contributed by atoms with Crippen molar-refractivity contribution in [1.82, 2.24) is 39.8 Å². The largest absolute Gasteiger partial charge is 0.341 e. The number of imidazole rings is 1. The second-order valence-electron chi connectivity index (χ2n) is 14.3. The molecule has 7 rings (SSSR count). The first-order valence-electron chi connectivity index (χ1n) is 17.9. The fraction of sp³-hybridized carbons (Fsp3) is 0.556. The predicted octanol–water partition coefficient (Wildman–Crippen LogP) is 2.58. The second-order valence-corrected chi connectivity index (χ2v) is 14.3. The third-order valence-electron chi connectivity index (χ3n) is 11.1. The van der Waals surface area contributed by atoms with Crippen molar-refractivity contribution in [3.63, 3.8) is 0 Å². The minimum Gasteiger partial charge on any atom is -0.341 e. The molecule has 5 amide bonds. The van der Waals surface area contributed by atoms with Crippen LogP contribution in [0.3, 0.4) is 0 Å². The van der Waals surface area contributed by atoms with Crippen molar-refractivity contribution >= 4 is 34.7 Å². The smallest absolute Gasteiger partial charge is 0.323 e. The molecule has 0 spiro atoms. The summed E-state index contributed by atoms with van der Waals surface area (Å²) in [6, 6.07) is 11.2.